The van der Waals surface area contributed by atoms with E-state index in [-0.39, 0.29) is 24.0 Å². The molecule has 1 saturated heterocycles. The molecule has 1 heterocycles. The number of halogens is 1. The van der Waals surface area contributed by atoms with Crippen LogP contribution in [0.5, 0.6) is 0 Å². The minimum atomic E-state index is 0. The maximum absolute atomic E-state index is 4.48. The van der Waals surface area contributed by atoms with Gasteiger partial charge in [-0.3, -0.25) is 9.89 Å². The van der Waals surface area contributed by atoms with Crippen molar-refractivity contribution in [2.75, 3.05) is 26.7 Å². The van der Waals surface area contributed by atoms with Gasteiger partial charge >= 0.3 is 0 Å². The van der Waals surface area contributed by atoms with Crippen LogP contribution in [-0.2, 0) is 0 Å². The molecule has 0 bridgehead atoms. The highest BCUT2D eigenvalue weighted by atomic mass is 127. The first-order valence-corrected chi connectivity index (χ1v) is 10.0. The van der Waals surface area contributed by atoms with E-state index in [1.165, 1.54) is 70.9 Å². The second-order valence-corrected chi connectivity index (χ2v) is 8.35. The minimum Gasteiger partial charge on any atom is -0.356 e. The Kier molecular flexibility index (Phi) is 6.69. The average Bonchev–Trinajstić information content (AvgIpc) is 3.48. The monoisotopic (exact) mass is 446 g/mol. The number of guanidine groups is 1. The molecular formula is C19H35IN4. The number of nitrogens with zero attached hydrogens (tertiary/aromatic N) is 2. The summed E-state index contributed by atoms with van der Waals surface area (Å²) in [5.74, 6) is 3.97. The van der Waals surface area contributed by atoms with Crippen molar-refractivity contribution in [2.45, 2.75) is 69.9 Å². The maximum Gasteiger partial charge on any atom is 0.191 e. The summed E-state index contributed by atoms with van der Waals surface area (Å²) in [4.78, 5) is 7.20. The maximum atomic E-state index is 4.48. The van der Waals surface area contributed by atoms with Crippen molar-refractivity contribution >= 4 is 29.9 Å². The van der Waals surface area contributed by atoms with Gasteiger partial charge in [0.1, 0.15) is 0 Å². The summed E-state index contributed by atoms with van der Waals surface area (Å²) in [6.45, 7) is 3.61. The second-order valence-electron chi connectivity index (χ2n) is 8.35. The van der Waals surface area contributed by atoms with Crippen LogP contribution in [0.1, 0.15) is 57.8 Å². The molecule has 4 aliphatic rings. The van der Waals surface area contributed by atoms with Crippen LogP contribution in [0.15, 0.2) is 4.99 Å². The molecule has 24 heavy (non-hydrogen) atoms. The summed E-state index contributed by atoms with van der Waals surface area (Å²) in [6.07, 6.45) is 12.8. The number of hydrogen-bond acceptors (Lipinski definition) is 2. The third kappa shape index (κ3) is 4.77. The topological polar surface area (TPSA) is 39.7 Å². The summed E-state index contributed by atoms with van der Waals surface area (Å²) < 4.78 is 0. The third-order valence-electron chi connectivity index (χ3n) is 6.59. The van der Waals surface area contributed by atoms with E-state index in [2.05, 4.69) is 20.5 Å². The lowest BCUT2D eigenvalue weighted by Gasteiger charge is -2.24. The first-order chi connectivity index (χ1) is 11.3. The van der Waals surface area contributed by atoms with E-state index in [1.807, 2.05) is 7.05 Å². The quantitative estimate of drug-likeness (QED) is 0.374. The van der Waals surface area contributed by atoms with Crippen LogP contribution in [0.2, 0.25) is 0 Å². The van der Waals surface area contributed by atoms with Gasteiger partial charge in [-0.1, -0.05) is 12.8 Å². The Balaban J connectivity index is 0.00000169. The van der Waals surface area contributed by atoms with Gasteiger partial charge in [0.25, 0.3) is 0 Å². The van der Waals surface area contributed by atoms with Gasteiger partial charge in [0.2, 0.25) is 0 Å². The average molecular weight is 446 g/mol. The van der Waals surface area contributed by atoms with Gasteiger partial charge in [-0.05, 0) is 62.7 Å². The van der Waals surface area contributed by atoms with Crippen molar-refractivity contribution in [3.8, 4) is 0 Å². The highest BCUT2D eigenvalue weighted by Gasteiger charge is 2.41. The summed E-state index contributed by atoms with van der Waals surface area (Å²) >= 11 is 0. The molecule has 3 saturated carbocycles. The molecule has 0 aromatic heterocycles. The second kappa shape index (κ2) is 8.56. The summed E-state index contributed by atoms with van der Waals surface area (Å²) in [6, 6.07) is 1.45. The molecule has 4 rings (SSSR count). The summed E-state index contributed by atoms with van der Waals surface area (Å²) in [5, 5.41) is 7.33. The number of likely N-dealkylation sites (tertiary alicyclic amines) is 1. The lowest BCUT2D eigenvalue weighted by Crippen LogP contribution is -2.46. The fraction of sp³-hybridized carbons (Fsp3) is 0.947. The fourth-order valence-electron chi connectivity index (χ4n) is 4.88. The van der Waals surface area contributed by atoms with Crippen molar-refractivity contribution < 1.29 is 0 Å². The molecule has 1 aliphatic heterocycles. The van der Waals surface area contributed by atoms with Crippen LogP contribution >= 0.6 is 24.0 Å². The first kappa shape index (κ1) is 18.7. The summed E-state index contributed by atoms with van der Waals surface area (Å²) in [7, 11) is 1.92. The Labute approximate surface area is 164 Å². The standard InChI is InChI=1S/C19H34N4.HI/c1-20-19(21-12-18(14-6-7-14)15-8-9-15)22-16-10-11-23(13-16)17-4-2-3-5-17;/h14-18H,2-13H2,1H3,(H2,20,21,22);1H. The third-order valence-corrected chi connectivity index (χ3v) is 6.59. The van der Waals surface area contributed by atoms with Crippen LogP contribution < -0.4 is 10.6 Å². The highest BCUT2D eigenvalue weighted by molar-refractivity contribution is 14.0. The Morgan fingerprint density at radius 3 is 2.29 bits per heavy atom. The molecule has 138 valence electrons. The number of aliphatic imine (C=N–C) groups is 1. The van der Waals surface area contributed by atoms with Crippen molar-refractivity contribution in [1.82, 2.24) is 15.5 Å². The van der Waals surface area contributed by atoms with E-state index in [9.17, 15) is 0 Å². The van der Waals surface area contributed by atoms with Gasteiger partial charge in [-0.25, -0.2) is 0 Å². The van der Waals surface area contributed by atoms with Gasteiger partial charge in [0.05, 0.1) is 0 Å². The number of nitrogens with one attached hydrogen (secondary N) is 2. The number of hydrogen-bond donors (Lipinski definition) is 2. The van der Waals surface area contributed by atoms with E-state index in [0.717, 1.165) is 36.3 Å². The molecule has 4 fully saturated rings. The molecule has 2 N–H and O–H groups in total. The first-order valence-electron chi connectivity index (χ1n) is 10.0. The molecule has 0 aromatic rings. The molecule has 5 heteroatoms. The van der Waals surface area contributed by atoms with E-state index in [1.54, 1.807) is 0 Å². The molecular weight excluding hydrogens is 411 g/mol. The molecule has 3 aliphatic carbocycles. The van der Waals surface area contributed by atoms with Gasteiger partial charge in [-0.15, -0.1) is 24.0 Å². The zero-order chi connectivity index (χ0) is 15.6. The predicted octanol–water partition coefficient (Wildman–Crippen LogP) is 3.22. The van der Waals surface area contributed by atoms with Crippen molar-refractivity contribution in [1.29, 1.82) is 0 Å². The molecule has 0 amide bonds. The summed E-state index contributed by atoms with van der Waals surface area (Å²) in [5.41, 5.74) is 0. The van der Waals surface area contributed by atoms with Crippen molar-refractivity contribution in [3.05, 3.63) is 0 Å². The molecule has 0 radical (unpaired) electrons. The molecule has 1 atom stereocenters. The normalized spacial score (nSPS) is 29.1. The molecule has 1 unspecified atom stereocenters. The van der Waals surface area contributed by atoms with Crippen molar-refractivity contribution in [2.24, 2.45) is 22.7 Å². The molecule has 4 nitrogen and oxygen atoms in total. The Morgan fingerprint density at radius 2 is 1.71 bits per heavy atom. The van der Waals surface area contributed by atoms with E-state index < -0.39 is 0 Å². The van der Waals surface area contributed by atoms with E-state index in [4.69, 9.17) is 0 Å². The van der Waals surface area contributed by atoms with Crippen LogP contribution in [0.3, 0.4) is 0 Å². The Morgan fingerprint density at radius 1 is 1.04 bits per heavy atom. The zero-order valence-electron chi connectivity index (χ0n) is 15.2. The number of rotatable bonds is 6. The van der Waals surface area contributed by atoms with Gasteiger partial charge in [0, 0.05) is 38.8 Å². The van der Waals surface area contributed by atoms with Gasteiger partial charge < -0.3 is 10.6 Å². The smallest absolute Gasteiger partial charge is 0.191 e. The van der Waals surface area contributed by atoms with Crippen LogP contribution in [0.4, 0.5) is 0 Å². The lowest BCUT2D eigenvalue weighted by molar-refractivity contribution is 0.242. The van der Waals surface area contributed by atoms with Crippen LogP contribution in [-0.4, -0.2) is 49.6 Å². The predicted molar refractivity (Wildman–Crippen MR) is 111 cm³/mol. The largest absolute Gasteiger partial charge is 0.356 e. The minimum absolute atomic E-state index is 0. The highest BCUT2D eigenvalue weighted by Crippen LogP contribution is 2.48. The van der Waals surface area contributed by atoms with Gasteiger partial charge in [-0.2, -0.15) is 0 Å². The molecule has 0 aromatic carbocycles. The van der Waals surface area contributed by atoms with E-state index >= 15 is 0 Å². The van der Waals surface area contributed by atoms with Crippen molar-refractivity contribution in [3.63, 3.8) is 0 Å². The fourth-order valence-corrected chi connectivity index (χ4v) is 4.88. The van der Waals surface area contributed by atoms with E-state index in [0.29, 0.717) is 6.04 Å². The Hall–Kier alpha value is -0.0400. The SMILES string of the molecule is CN=C(NCC(C1CC1)C1CC1)NC1CCN(C2CCCC2)C1.I. The van der Waals surface area contributed by atoms with Crippen LogP contribution in [0, 0.1) is 17.8 Å². The van der Waals surface area contributed by atoms with Gasteiger partial charge in [0.15, 0.2) is 5.96 Å². The molecule has 0 spiro atoms. The van der Waals surface area contributed by atoms with Crippen LogP contribution in [0.25, 0.3) is 0 Å². The lowest BCUT2D eigenvalue weighted by atomic mass is 9.98. The zero-order valence-corrected chi connectivity index (χ0v) is 17.5. The Bertz CT molecular complexity index is 415.